The molecule has 8 heteroatoms. The van der Waals surface area contributed by atoms with Gasteiger partial charge in [-0.05, 0) is 54.4 Å². The number of imidazole rings is 1. The molecule has 0 aliphatic rings. The highest BCUT2D eigenvalue weighted by Crippen LogP contribution is 2.33. The molecule has 5 aromatic heterocycles. The predicted octanol–water partition coefficient (Wildman–Crippen LogP) is 5.07. The van der Waals surface area contributed by atoms with E-state index in [0.29, 0.717) is 28.1 Å². The number of nitrogens with one attached hydrogen (secondary N) is 2. The molecule has 0 atom stereocenters. The lowest BCUT2D eigenvalue weighted by molar-refractivity contribution is 0.636. The fraction of sp³-hybridized carbons (Fsp3) is 0.0417. The van der Waals surface area contributed by atoms with E-state index in [9.17, 15) is 4.39 Å². The van der Waals surface area contributed by atoms with E-state index < -0.39 is 5.82 Å². The fourth-order valence-corrected chi connectivity index (χ4v) is 3.92. The molecule has 2 N–H and O–H groups in total. The molecule has 32 heavy (non-hydrogen) atoms. The van der Waals surface area contributed by atoms with Gasteiger partial charge in [-0.3, -0.25) is 20.1 Å². The summed E-state index contributed by atoms with van der Waals surface area (Å²) in [6.07, 6.45) is 6.89. The minimum absolute atomic E-state index is 0.258. The van der Waals surface area contributed by atoms with Crippen LogP contribution in [0.4, 0.5) is 4.39 Å². The first-order valence-electron chi connectivity index (χ1n) is 10.0. The Kier molecular flexibility index (Phi) is 4.04. The Morgan fingerprint density at radius 1 is 0.938 bits per heavy atom. The monoisotopic (exact) mass is 421 g/mol. The van der Waals surface area contributed by atoms with Crippen LogP contribution in [0.5, 0.6) is 0 Å². The molecule has 0 radical (unpaired) electrons. The second kappa shape index (κ2) is 7.05. The number of hydrogen-bond acceptors (Lipinski definition) is 5. The van der Waals surface area contributed by atoms with Crippen LogP contribution in [0.1, 0.15) is 5.56 Å². The highest BCUT2D eigenvalue weighted by molar-refractivity contribution is 5.97. The van der Waals surface area contributed by atoms with Gasteiger partial charge >= 0.3 is 0 Å². The third-order valence-electron chi connectivity index (χ3n) is 5.51. The minimum atomic E-state index is -0.407. The molecule has 6 aromatic rings. The first-order valence-corrected chi connectivity index (χ1v) is 10.0. The van der Waals surface area contributed by atoms with Crippen molar-refractivity contribution in [3.8, 4) is 34.0 Å². The number of nitrogens with zero attached hydrogens (tertiary/aromatic N) is 5. The van der Waals surface area contributed by atoms with Crippen LogP contribution in [0.2, 0.25) is 0 Å². The molecule has 0 saturated carbocycles. The number of halogens is 1. The second-order valence-corrected chi connectivity index (χ2v) is 7.50. The molecule has 154 valence electrons. The SMILES string of the molecule is Cc1ccncc1-c1cc(F)c2n[nH]c(-c3nc4c(-c5ccccn5)nccc4[nH]3)c2c1. The number of pyridine rings is 3. The Hall–Kier alpha value is -4.46. The lowest BCUT2D eigenvalue weighted by Gasteiger charge is -2.06. The van der Waals surface area contributed by atoms with E-state index in [2.05, 4.69) is 30.1 Å². The summed E-state index contributed by atoms with van der Waals surface area (Å²) in [5.74, 6) is 0.141. The van der Waals surface area contributed by atoms with Gasteiger partial charge in [0.25, 0.3) is 0 Å². The number of aromatic amines is 2. The molecule has 0 spiro atoms. The Morgan fingerprint density at radius 3 is 2.72 bits per heavy atom. The number of hydrogen-bond donors (Lipinski definition) is 2. The summed E-state index contributed by atoms with van der Waals surface area (Å²) in [6.45, 7) is 1.97. The van der Waals surface area contributed by atoms with Crippen molar-refractivity contribution >= 4 is 21.9 Å². The average molecular weight is 421 g/mol. The standard InChI is InChI=1S/C24H16FN7/c1-13-5-8-26-12-16(13)14-10-15-20(17(25)11-14)31-32-21(15)24-29-19-6-9-28-22(23(19)30-24)18-4-2-3-7-27-18/h2-12H,1H3,(H,29,30)(H,31,32). The van der Waals surface area contributed by atoms with E-state index in [1.807, 2.05) is 43.3 Å². The van der Waals surface area contributed by atoms with E-state index in [1.54, 1.807) is 24.8 Å². The van der Waals surface area contributed by atoms with Gasteiger partial charge < -0.3 is 4.98 Å². The van der Waals surface area contributed by atoms with E-state index in [-0.39, 0.29) is 5.52 Å². The third-order valence-corrected chi connectivity index (χ3v) is 5.51. The van der Waals surface area contributed by atoms with Crippen LogP contribution in [0, 0.1) is 12.7 Å². The predicted molar refractivity (Wildman–Crippen MR) is 120 cm³/mol. The van der Waals surface area contributed by atoms with Crippen molar-refractivity contribution in [3.05, 3.63) is 78.6 Å². The van der Waals surface area contributed by atoms with Crippen LogP contribution in [0.25, 0.3) is 56.0 Å². The van der Waals surface area contributed by atoms with Crippen LogP contribution < -0.4 is 0 Å². The molecule has 0 aliphatic heterocycles. The first kappa shape index (κ1) is 18.3. The second-order valence-electron chi connectivity index (χ2n) is 7.50. The van der Waals surface area contributed by atoms with Gasteiger partial charge in [-0.2, -0.15) is 5.10 Å². The lowest BCUT2D eigenvalue weighted by atomic mass is 10.0. The van der Waals surface area contributed by atoms with Gasteiger partial charge in [-0.15, -0.1) is 0 Å². The Labute approximate surface area is 181 Å². The maximum Gasteiger partial charge on any atom is 0.157 e. The molecular formula is C24H16FN7. The number of fused-ring (bicyclic) bond motifs is 2. The number of aromatic nitrogens is 7. The minimum Gasteiger partial charge on any atom is -0.337 e. The van der Waals surface area contributed by atoms with Crippen molar-refractivity contribution in [2.75, 3.05) is 0 Å². The molecule has 0 fully saturated rings. The van der Waals surface area contributed by atoms with Gasteiger partial charge in [0.05, 0.1) is 11.2 Å². The maximum atomic E-state index is 14.9. The molecule has 7 nitrogen and oxygen atoms in total. The van der Waals surface area contributed by atoms with E-state index in [1.165, 1.54) is 6.07 Å². The normalized spacial score (nSPS) is 11.4. The van der Waals surface area contributed by atoms with Gasteiger partial charge in [0.1, 0.15) is 22.4 Å². The van der Waals surface area contributed by atoms with Crippen molar-refractivity contribution in [3.63, 3.8) is 0 Å². The number of rotatable bonds is 3. The van der Waals surface area contributed by atoms with E-state index >= 15 is 0 Å². The molecule has 0 unspecified atom stereocenters. The molecule has 5 heterocycles. The summed E-state index contributed by atoms with van der Waals surface area (Å²) in [5.41, 5.74) is 6.36. The van der Waals surface area contributed by atoms with Gasteiger partial charge in [-0.25, -0.2) is 9.37 Å². The summed E-state index contributed by atoms with van der Waals surface area (Å²) < 4.78 is 14.9. The van der Waals surface area contributed by atoms with Gasteiger partial charge in [0.2, 0.25) is 0 Å². The van der Waals surface area contributed by atoms with Crippen LogP contribution in [0.15, 0.2) is 67.3 Å². The van der Waals surface area contributed by atoms with Crippen molar-refractivity contribution in [2.45, 2.75) is 6.92 Å². The summed E-state index contributed by atoms with van der Waals surface area (Å²) in [5, 5.41) is 7.78. The summed E-state index contributed by atoms with van der Waals surface area (Å²) in [4.78, 5) is 21.1. The van der Waals surface area contributed by atoms with Crippen LogP contribution in [-0.4, -0.2) is 35.1 Å². The Balaban J connectivity index is 1.55. The van der Waals surface area contributed by atoms with Crippen LogP contribution in [-0.2, 0) is 0 Å². The largest absolute Gasteiger partial charge is 0.337 e. The molecule has 6 rings (SSSR count). The number of benzene rings is 1. The van der Waals surface area contributed by atoms with Crippen molar-refractivity contribution in [1.29, 1.82) is 0 Å². The molecule has 1 aromatic carbocycles. The topological polar surface area (TPSA) is 96.0 Å². The van der Waals surface area contributed by atoms with Crippen molar-refractivity contribution in [2.24, 2.45) is 0 Å². The van der Waals surface area contributed by atoms with Crippen LogP contribution in [0.3, 0.4) is 0 Å². The number of H-pyrrole nitrogens is 2. The molecule has 0 bridgehead atoms. The first-order chi connectivity index (χ1) is 15.7. The number of aryl methyl sites for hydroxylation is 1. The zero-order valence-electron chi connectivity index (χ0n) is 17.0. The fourth-order valence-electron chi connectivity index (χ4n) is 3.92. The van der Waals surface area contributed by atoms with Gasteiger partial charge in [0.15, 0.2) is 11.6 Å². The van der Waals surface area contributed by atoms with Gasteiger partial charge in [0, 0.05) is 35.7 Å². The Bertz CT molecular complexity index is 1600. The van der Waals surface area contributed by atoms with Gasteiger partial charge in [-0.1, -0.05) is 6.07 Å². The molecular weight excluding hydrogens is 405 g/mol. The highest BCUT2D eigenvalue weighted by atomic mass is 19.1. The van der Waals surface area contributed by atoms with E-state index in [4.69, 9.17) is 4.98 Å². The quantitative estimate of drug-likeness (QED) is 0.416. The highest BCUT2D eigenvalue weighted by Gasteiger charge is 2.18. The molecule has 0 saturated heterocycles. The molecule has 0 aliphatic carbocycles. The van der Waals surface area contributed by atoms with Crippen molar-refractivity contribution < 1.29 is 4.39 Å². The zero-order valence-corrected chi connectivity index (χ0v) is 17.0. The smallest absolute Gasteiger partial charge is 0.157 e. The Morgan fingerprint density at radius 2 is 1.88 bits per heavy atom. The van der Waals surface area contributed by atoms with Crippen molar-refractivity contribution in [1.82, 2.24) is 35.1 Å². The summed E-state index contributed by atoms with van der Waals surface area (Å²) in [6, 6.07) is 12.8. The summed E-state index contributed by atoms with van der Waals surface area (Å²) >= 11 is 0. The third kappa shape index (κ3) is 2.84. The molecule has 0 amide bonds. The maximum absolute atomic E-state index is 14.9. The lowest BCUT2D eigenvalue weighted by Crippen LogP contribution is -1.88. The van der Waals surface area contributed by atoms with Crippen LogP contribution >= 0.6 is 0 Å². The van der Waals surface area contributed by atoms with E-state index in [0.717, 1.165) is 27.9 Å². The zero-order chi connectivity index (χ0) is 21.7. The average Bonchev–Trinajstić information content (AvgIpc) is 3.44. The summed E-state index contributed by atoms with van der Waals surface area (Å²) in [7, 11) is 0.